The first kappa shape index (κ1) is 21.3. The molecule has 0 aliphatic rings. The number of imidazole rings is 1. The van der Waals surface area contributed by atoms with Gasteiger partial charge < -0.3 is 23.8 Å². The Morgan fingerprint density at radius 2 is 1.70 bits per heavy atom. The molecule has 11 heteroatoms. The molecule has 0 bridgehead atoms. The SMILES string of the molecule is COc1cc2nc(-n3cncn3)c3ncn(Cc4ccc(CP(O)O)cc4)c3c2cc1OC. The van der Waals surface area contributed by atoms with Gasteiger partial charge in [0.05, 0.1) is 31.6 Å². The van der Waals surface area contributed by atoms with Crippen LogP contribution < -0.4 is 9.47 Å². The van der Waals surface area contributed by atoms with E-state index in [-0.39, 0.29) is 6.16 Å². The van der Waals surface area contributed by atoms with E-state index in [0.29, 0.717) is 34.9 Å². The molecule has 0 amide bonds. The highest BCUT2D eigenvalue weighted by atomic mass is 31.2. The minimum absolute atomic E-state index is 0.253. The van der Waals surface area contributed by atoms with Gasteiger partial charge in [-0.1, -0.05) is 24.3 Å². The quantitative estimate of drug-likeness (QED) is 0.353. The van der Waals surface area contributed by atoms with Crippen LogP contribution in [0.15, 0.2) is 55.4 Å². The minimum atomic E-state index is -1.96. The Labute approximate surface area is 190 Å². The van der Waals surface area contributed by atoms with E-state index in [1.54, 1.807) is 31.6 Å². The van der Waals surface area contributed by atoms with Gasteiger partial charge >= 0.3 is 0 Å². The summed E-state index contributed by atoms with van der Waals surface area (Å²) in [5.41, 5.74) is 4.20. The van der Waals surface area contributed by atoms with Crippen molar-refractivity contribution in [3.63, 3.8) is 0 Å². The Balaban J connectivity index is 1.68. The predicted octanol–water partition coefficient (Wildman–Crippen LogP) is 3.03. The van der Waals surface area contributed by atoms with Gasteiger partial charge in [-0.05, 0) is 17.2 Å². The minimum Gasteiger partial charge on any atom is -0.493 e. The molecule has 0 aliphatic heterocycles. The molecule has 3 aromatic heterocycles. The van der Waals surface area contributed by atoms with Crippen LogP contribution in [0.3, 0.4) is 0 Å². The Kier molecular flexibility index (Phi) is 5.63. The van der Waals surface area contributed by atoms with Gasteiger partial charge in [-0.25, -0.2) is 19.6 Å². The molecule has 0 saturated carbocycles. The Hall–Kier alpha value is -3.59. The average Bonchev–Trinajstić information content (AvgIpc) is 3.49. The number of pyridine rings is 1. The third-order valence-corrected chi connectivity index (χ3v) is 6.02. The van der Waals surface area contributed by atoms with Crippen LogP contribution in [0.5, 0.6) is 11.5 Å². The lowest BCUT2D eigenvalue weighted by Crippen LogP contribution is -2.03. The van der Waals surface area contributed by atoms with Crippen LogP contribution in [0.2, 0.25) is 0 Å². The van der Waals surface area contributed by atoms with Crippen molar-refractivity contribution in [2.24, 2.45) is 0 Å². The van der Waals surface area contributed by atoms with E-state index < -0.39 is 8.38 Å². The number of ether oxygens (including phenoxy) is 2. The molecule has 3 heterocycles. The summed E-state index contributed by atoms with van der Waals surface area (Å²) >= 11 is 0. The molecule has 0 atom stereocenters. The summed E-state index contributed by atoms with van der Waals surface area (Å²) in [4.78, 5) is 32.0. The van der Waals surface area contributed by atoms with E-state index in [4.69, 9.17) is 14.5 Å². The van der Waals surface area contributed by atoms with Crippen LogP contribution >= 0.6 is 8.38 Å². The van der Waals surface area contributed by atoms with E-state index in [2.05, 4.69) is 15.1 Å². The van der Waals surface area contributed by atoms with Gasteiger partial charge in [0, 0.05) is 24.2 Å². The van der Waals surface area contributed by atoms with Crippen molar-refractivity contribution in [2.75, 3.05) is 14.2 Å². The standard InChI is InChI=1S/C22H21N6O4P/c1-31-18-7-16-17(8-19(18)32-2)26-22(28-12-23-11-25-28)20-21(16)27(13-24-20)9-14-3-5-15(6-4-14)10-33(29)30/h3-8,11-13,29-30H,9-10H2,1-2H3. The largest absolute Gasteiger partial charge is 0.493 e. The Bertz CT molecular complexity index is 1420. The third kappa shape index (κ3) is 4.00. The fraction of sp³-hybridized carbons (Fsp3) is 0.182. The molecule has 0 fully saturated rings. The molecule has 33 heavy (non-hydrogen) atoms. The zero-order chi connectivity index (χ0) is 22.9. The number of methoxy groups -OCH3 is 2. The molecular formula is C22H21N6O4P. The molecule has 10 nitrogen and oxygen atoms in total. The number of nitrogens with zero attached hydrogens (tertiary/aromatic N) is 6. The van der Waals surface area contributed by atoms with Crippen LogP contribution in [-0.2, 0) is 12.7 Å². The topological polar surface area (TPSA) is 120 Å². The van der Waals surface area contributed by atoms with Crippen molar-refractivity contribution in [1.29, 1.82) is 0 Å². The molecule has 5 aromatic rings. The molecule has 168 valence electrons. The van der Waals surface area contributed by atoms with Gasteiger partial charge in [0.15, 0.2) is 25.7 Å². The van der Waals surface area contributed by atoms with Gasteiger partial charge in [0.1, 0.15) is 18.2 Å². The smallest absolute Gasteiger partial charge is 0.183 e. The molecule has 0 unspecified atom stereocenters. The first-order valence-electron chi connectivity index (χ1n) is 10.1. The summed E-state index contributed by atoms with van der Waals surface area (Å²) in [6.45, 7) is 0.564. The van der Waals surface area contributed by atoms with Crippen molar-refractivity contribution in [2.45, 2.75) is 12.7 Å². The molecule has 0 radical (unpaired) electrons. The molecule has 2 aromatic carbocycles. The average molecular weight is 464 g/mol. The summed E-state index contributed by atoms with van der Waals surface area (Å²) in [7, 11) is 1.23. The zero-order valence-corrected chi connectivity index (χ0v) is 18.8. The molecule has 0 aliphatic carbocycles. The van der Waals surface area contributed by atoms with E-state index >= 15 is 0 Å². The second-order valence-electron chi connectivity index (χ2n) is 7.42. The third-order valence-electron chi connectivity index (χ3n) is 5.37. The molecule has 0 spiro atoms. The van der Waals surface area contributed by atoms with E-state index in [1.807, 2.05) is 41.0 Å². The highest BCUT2D eigenvalue weighted by Gasteiger charge is 2.19. The number of aromatic nitrogens is 6. The maximum atomic E-state index is 9.26. The Morgan fingerprint density at radius 1 is 0.970 bits per heavy atom. The molecule has 0 saturated heterocycles. The van der Waals surface area contributed by atoms with Crippen LogP contribution in [0.4, 0.5) is 0 Å². The second-order valence-corrected chi connectivity index (χ2v) is 8.48. The van der Waals surface area contributed by atoms with Gasteiger partial charge in [0.25, 0.3) is 0 Å². The predicted molar refractivity (Wildman–Crippen MR) is 124 cm³/mol. The van der Waals surface area contributed by atoms with Crippen molar-refractivity contribution in [1.82, 2.24) is 29.3 Å². The number of benzene rings is 2. The second kappa shape index (κ2) is 8.74. The van der Waals surface area contributed by atoms with Crippen molar-refractivity contribution >= 4 is 30.3 Å². The summed E-state index contributed by atoms with van der Waals surface area (Å²) in [5.74, 6) is 1.74. The molecule has 5 rings (SSSR count). The van der Waals surface area contributed by atoms with Crippen molar-refractivity contribution < 1.29 is 19.3 Å². The van der Waals surface area contributed by atoms with Crippen LogP contribution in [0.1, 0.15) is 11.1 Å². The van der Waals surface area contributed by atoms with Crippen LogP contribution in [0.25, 0.3) is 27.8 Å². The van der Waals surface area contributed by atoms with Crippen LogP contribution in [-0.4, -0.2) is 53.3 Å². The summed E-state index contributed by atoms with van der Waals surface area (Å²) < 4.78 is 14.6. The normalized spacial score (nSPS) is 11.5. The lowest BCUT2D eigenvalue weighted by atomic mass is 10.1. The highest BCUT2D eigenvalue weighted by Crippen LogP contribution is 2.36. The van der Waals surface area contributed by atoms with Crippen molar-refractivity contribution in [3.8, 4) is 17.3 Å². The fourth-order valence-corrected chi connectivity index (χ4v) is 4.39. The number of fused-ring (bicyclic) bond motifs is 3. The van der Waals surface area contributed by atoms with Gasteiger partial charge in [-0.2, -0.15) is 5.10 Å². The Morgan fingerprint density at radius 3 is 2.36 bits per heavy atom. The van der Waals surface area contributed by atoms with Crippen molar-refractivity contribution in [3.05, 3.63) is 66.5 Å². The number of hydrogen-bond acceptors (Lipinski definition) is 8. The lowest BCUT2D eigenvalue weighted by molar-refractivity contribution is 0.356. The van der Waals surface area contributed by atoms with E-state index in [1.165, 1.54) is 6.33 Å². The molecular weight excluding hydrogens is 443 g/mol. The lowest BCUT2D eigenvalue weighted by Gasteiger charge is -2.13. The molecule has 2 N–H and O–H groups in total. The van der Waals surface area contributed by atoms with Gasteiger partial charge in [0.2, 0.25) is 0 Å². The number of hydrogen-bond donors (Lipinski definition) is 2. The summed E-state index contributed by atoms with van der Waals surface area (Å²) in [5, 5.41) is 5.11. The first-order valence-corrected chi connectivity index (χ1v) is 11.5. The van der Waals surface area contributed by atoms with E-state index in [9.17, 15) is 9.79 Å². The van der Waals surface area contributed by atoms with Gasteiger partial charge in [-0.15, -0.1) is 0 Å². The maximum absolute atomic E-state index is 9.26. The number of rotatable bonds is 7. The summed E-state index contributed by atoms with van der Waals surface area (Å²) in [6, 6.07) is 11.5. The van der Waals surface area contributed by atoms with E-state index in [0.717, 1.165) is 22.0 Å². The van der Waals surface area contributed by atoms with Crippen LogP contribution in [0, 0.1) is 0 Å². The zero-order valence-electron chi connectivity index (χ0n) is 18.0. The fourth-order valence-electron chi connectivity index (χ4n) is 3.85. The first-order chi connectivity index (χ1) is 16.1. The highest BCUT2D eigenvalue weighted by molar-refractivity contribution is 7.44. The maximum Gasteiger partial charge on any atom is 0.183 e. The van der Waals surface area contributed by atoms with Gasteiger partial charge in [-0.3, -0.25) is 0 Å². The summed E-state index contributed by atoms with van der Waals surface area (Å²) in [6.07, 6.45) is 5.07. The monoisotopic (exact) mass is 464 g/mol.